The van der Waals surface area contributed by atoms with E-state index in [2.05, 4.69) is 19.2 Å². The van der Waals surface area contributed by atoms with E-state index in [1.807, 2.05) is 55.5 Å². The molecule has 0 radical (unpaired) electrons. The van der Waals surface area contributed by atoms with Crippen LogP contribution in [0.2, 0.25) is 0 Å². The Morgan fingerprint density at radius 2 is 1.72 bits per heavy atom. The average Bonchev–Trinajstić information content (AvgIpc) is 2.81. The molecule has 1 N–H and O–H groups in total. The second kappa shape index (κ2) is 11.6. The Balaban J connectivity index is 1.72. The zero-order valence-corrected chi connectivity index (χ0v) is 19.3. The van der Waals surface area contributed by atoms with Crippen molar-refractivity contribution >= 4 is 11.8 Å². The van der Waals surface area contributed by atoms with E-state index in [0.717, 1.165) is 22.6 Å². The monoisotopic (exact) mass is 438 g/mol. The van der Waals surface area contributed by atoms with E-state index < -0.39 is 6.04 Å². The minimum atomic E-state index is -0.498. The van der Waals surface area contributed by atoms with Gasteiger partial charge in [-0.2, -0.15) is 0 Å². The zero-order valence-electron chi connectivity index (χ0n) is 19.3. The Bertz CT molecular complexity index is 898. The van der Waals surface area contributed by atoms with Crippen molar-refractivity contribution in [3.8, 4) is 11.5 Å². The summed E-state index contributed by atoms with van der Waals surface area (Å²) in [4.78, 5) is 28.0. The quantitative estimate of drug-likeness (QED) is 0.610. The van der Waals surface area contributed by atoms with Crippen LogP contribution in [-0.4, -0.2) is 42.5 Å². The fourth-order valence-electron chi connectivity index (χ4n) is 3.76. The molecule has 0 saturated carbocycles. The molecule has 0 aromatic heterocycles. The topological polar surface area (TPSA) is 67.9 Å². The van der Waals surface area contributed by atoms with E-state index in [1.54, 1.807) is 4.90 Å². The highest BCUT2D eigenvalue weighted by Crippen LogP contribution is 2.31. The number of carbonyl (C=O) groups excluding carboxylic acids is 2. The molecule has 2 amide bonds. The molecule has 1 heterocycles. The molecule has 1 aliphatic heterocycles. The van der Waals surface area contributed by atoms with Gasteiger partial charge in [0.25, 0.3) is 0 Å². The minimum absolute atomic E-state index is 0.0321. The van der Waals surface area contributed by atoms with Gasteiger partial charge >= 0.3 is 0 Å². The predicted molar refractivity (Wildman–Crippen MR) is 125 cm³/mol. The van der Waals surface area contributed by atoms with Gasteiger partial charge in [-0.1, -0.05) is 57.2 Å². The number of amides is 2. The van der Waals surface area contributed by atoms with Gasteiger partial charge in [0.2, 0.25) is 11.8 Å². The summed E-state index contributed by atoms with van der Waals surface area (Å²) in [5, 5.41) is 3.00. The van der Waals surface area contributed by atoms with Gasteiger partial charge < -0.3 is 19.7 Å². The summed E-state index contributed by atoms with van der Waals surface area (Å²) in [6.07, 6.45) is 1.46. The number of ether oxygens (including phenoxy) is 2. The van der Waals surface area contributed by atoms with E-state index in [9.17, 15) is 9.59 Å². The number of fused-ring (bicyclic) bond motifs is 1. The summed E-state index contributed by atoms with van der Waals surface area (Å²) in [5.74, 6) is 1.69. The van der Waals surface area contributed by atoms with Crippen LogP contribution in [0.4, 0.5) is 0 Å². The van der Waals surface area contributed by atoms with Gasteiger partial charge in [0.1, 0.15) is 19.3 Å². The highest BCUT2D eigenvalue weighted by Gasteiger charge is 2.28. The first-order valence-electron chi connectivity index (χ1n) is 11.5. The van der Waals surface area contributed by atoms with Crippen LogP contribution in [-0.2, 0) is 22.6 Å². The SMILES string of the molecule is CCC(C(=O)NCC(C)C)N(Cc1ccccc1)C(=O)CCc1ccc2c(c1)OCCO2. The Morgan fingerprint density at radius 1 is 1.00 bits per heavy atom. The van der Waals surface area contributed by atoms with E-state index in [4.69, 9.17) is 9.47 Å². The molecule has 1 aliphatic rings. The van der Waals surface area contributed by atoms with Gasteiger partial charge in [0.15, 0.2) is 11.5 Å². The third-order valence-corrected chi connectivity index (χ3v) is 5.50. The third-order valence-electron chi connectivity index (χ3n) is 5.50. The fourth-order valence-corrected chi connectivity index (χ4v) is 3.76. The fraction of sp³-hybridized carbons (Fsp3) is 0.462. The van der Waals surface area contributed by atoms with Gasteiger partial charge in [-0.3, -0.25) is 9.59 Å². The molecule has 172 valence electrons. The van der Waals surface area contributed by atoms with Crippen molar-refractivity contribution in [2.24, 2.45) is 5.92 Å². The van der Waals surface area contributed by atoms with Crippen LogP contribution >= 0.6 is 0 Å². The predicted octanol–water partition coefficient (Wildman–Crippen LogP) is 3.97. The number of rotatable bonds is 10. The highest BCUT2D eigenvalue weighted by molar-refractivity contribution is 5.87. The molecule has 1 unspecified atom stereocenters. The first-order valence-corrected chi connectivity index (χ1v) is 11.5. The van der Waals surface area contributed by atoms with Gasteiger partial charge in [-0.05, 0) is 42.0 Å². The van der Waals surface area contributed by atoms with Crippen molar-refractivity contribution in [2.75, 3.05) is 19.8 Å². The van der Waals surface area contributed by atoms with Crippen molar-refractivity contribution in [2.45, 2.75) is 52.6 Å². The molecular weight excluding hydrogens is 404 g/mol. The largest absolute Gasteiger partial charge is 0.486 e. The van der Waals surface area contributed by atoms with Crippen LogP contribution < -0.4 is 14.8 Å². The Kier molecular flexibility index (Phi) is 8.54. The van der Waals surface area contributed by atoms with Crippen LogP contribution in [0.1, 0.15) is 44.7 Å². The minimum Gasteiger partial charge on any atom is -0.486 e. The summed E-state index contributed by atoms with van der Waals surface area (Å²) in [7, 11) is 0. The van der Waals surface area contributed by atoms with E-state index in [0.29, 0.717) is 51.5 Å². The Morgan fingerprint density at radius 3 is 2.41 bits per heavy atom. The van der Waals surface area contributed by atoms with Gasteiger partial charge in [-0.25, -0.2) is 0 Å². The summed E-state index contributed by atoms with van der Waals surface area (Å²) >= 11 is 0. The maximum Gasteiger partial charge on any atom is 0.242 e. The molecule has 2 aromatic rings. The normalized spacial score (nSPS) is 13.5. The summed E-state index contributed by atoms with van der Waals surface area (Å²) in [5.41, 5.74) is 2.02. The second-order valence-electron chi connectivity index (χ2n) is 8.55. The van der Waals surface area contributed by atoms with Gasteiger partial charge in [-0.15, -0.1) is 0 Å². The van der Waals surface area contributed by atoms with Crippen molar-refractivity contribution in [3.63, 3.8) is 0 Å². The molecule has 2 aromatic carbocycles. The van der Waals surface area contributed by atoms with Crippen LogP contribution in [0.5, 0.6) is 11.5 Å². The van der Waals surface area contributed by atoms with Crippen molar-refractivity contribution in [1.82, 2.24) is 10.2 Å². The lowest BCUT2D eigenvalue weighted by Gasteiger charge is -2.31. The maximum absolute atomic E-state index is 13.3. The van der Waals surface area contributed by atoms with Crippen molar-refractivity contribution in [1.29, 1.82) is 0 Å². The smallest absolute Gasteiger partial charge is 0.242 e. The highest BCUT2D eigenvalue weighted by atomic mass is 16.6. The number of carbonyl (C=O) groups is 2. The number of hydrogen-bond donors (Lipinski definition) is 1. The first kappa shape index (κ1) is 23.6. The van der Waals surface area contributed by atoms with E-state index in [-0.39, 0.29) is 11.8 Å². The summed E-state index contributed by atoms with van der Waals surface area (Å²) < 4.78 is 11.2. The first-order chi connectivity index (χ1) is 15.5. The molecule has 0 aliphatic carbocycles. The Labute approximate surface area is 190 Å². The molecule has 0 bridgehead atoms. The van der Waals surface area contributed by atoms with Crippen LogP contribution in [0.3, 0.4) is 0 Å². The number of nitrogens with one attached hydrogen (secondary N) is 1. The Hall–Kier alpha value is -3.02. The molecular formula is C26H34N2O4. The number of aryl methyl sites for hydroxylation is 1. The summed E-state index contributed by atoms with van der Waals surface area (Å²) in [6.45, 7) is 8.16. The number of benzene rings is 2. The maximum atomic E-state index is 13.3. The molecule has 3 rings (SSSR count). The average molecular weight is 439 g/mol. The van der Waals surface area contributed by atoms with Crippen molar-refractivity contribution < 1.29 is 19.1 Å². The van der Waals surface area contributed by atoms with Crippen molar-refractivity contribution in [3.05, 3.63) is 59.7 Å². The lowest BCUT2D eigenvalue weighted by molar-refractivity contribution is -0.141. The zero-order chi connectivity index (χ0) is 22.9. The lowest BCUT2D eigenvalue weighted by Crippen LogP contribution is -2.49. The molecule has 0 spiro atoms. The van der Waals surface area contributed by atoms with Crippen LogP contribution in [0.25, 0.3) is 0 Å². The van der Waals surface area contributed by atoms with E-state index >= 15 is 0 Å². The number of nitrogens with zero attached hydrogens (tertiary/aromatic N) is 1. The van der Waals surface area contributed by atoms with Gasteiger partial charge in [0, 0.05) is 19.5 Å². The molecule has 6 heteroatoms. The standard InChI is InChI=1S/C26H34N2O4/c1-4-22(26(30)27-17-19(2)3)28(18-21-8-6-5-7-9-21)25(29)13-11-20-10-12-23-24(16-20)32-15-14-31-23/h5-10,12,16,19,22H,4,11,13-15,17-18H2,1-3H3,(H,27,30). The van der Waals surface area contributed by atoms with Gasteiger partial charge in [0.05, 0.1) is 0 Å². The molecule has 0 saturated heterocycles. The molecule has 32 heavy (non-hydrogen) atoms. The molecule has 6 nitrogen and oxygen atoms in total. The third kappa shape index (κ3) is 6.49. The molecule has 0 fully saturated rings. The lowest BCUT2D eigenvalue weighted by atomic mass is 10.1. The van der Waals surface area contributed by atoms with Crippen LogP contribution in [0.15, 0.2) is 48.5 Å². The van der Waals surface area contributed by atoms with Crippen LogP contribution in [0, 0.1) is 5.92 Å². The molecule has 1 atom stereocenters. The summed E-state index contributed by atoms with van der Waals surface area (Å²) in [6, 6.07) is 15.1. The second-order valence-corrected chi connectivity index (χ2v) is 8.55. The number of hydrogen-bond acceptors (Lipinski definition) is 4. The van der Waals surface area contributed by atoms with E-state index in [1.165, 1.54) is 0 Å².